The predicted molar refractivity (Wildman–Crippen MR) is 186 cm³/mol. The van der Waals surface area contributed by atoms with Gasteiger partial charge in [-0.05, 0) is 55.8 Å². The zero-order chi connectivity index (χ0) is 32.1. The Balaban J connectivity index is 0.00000147. The van der Waals surface area contributed by atoms with Crippen molar-refractivity contribution < 1.29 is 9.59 Å². The van der Waals surface area contributed by atoms with Gasteiger partial charge >= 0.3 is 0 Å². The number of carbonyl (C=O) groups excluding carboxylic acids is 2. The number of fused-ring (bicyclic) bond motifs is 1. The van der Waals surface area contributed by atoms with Gasteiger partial charge in [0.25, 0.3) is 0 Å². The van der Waals surface area contributed by atoms with E-state index in [9.17, 15) is 4.79 Å². The molecule has 1 aromatic carbocycles. The number of nitrogens with one attached hydrogen (secondary N) is 1. The first-order valence-corrected chi connectivity index (χ1v) is 17.0. The topological polar surface area (TPSA) is 114 Å². The number of nitrogens with zero attached hydrogens (tertiary/aromatic N) is 2. The monoisotopic (exact) mass is 619 g/mol. The normalized spacial score (nSPS) is 14.3. The minimum absolute atomic E-state index is 0.211. The average Bonchev–Trinajstić information content (AvgIpc) is 3.40. The molecule has 1 fully saturated rings. The summed E-state index contributed by atoms with van der Waals surface area (Å²) < 4.78 is 1.30. The van der Waals surface area contributed by atoms with Gasteiger partial charge in [-0.25, -0.2) is 4.98 Å². The Kier molecular flexibility index (Phi) is 22.1. The van der Waals surface area contributed by atoms with Crippen LogP contribution in [0.3, 0.4) is 0 Å². The van der Waals surface area contributed by atoms with E-state index in [1.807, 2.05) is 25.0 Å². The molecule has 2 heterocycles. The highest BCUT2D eigenvalue weighted by Crippen LogP contribution is 2.27. The van der Waals surface area contributed by atoms with E-state index in [0.717, 1.165) is 49.9 Å². The Morgan fingerprint density at radius 3 is 2.26 bits per heavy atom. The molecule has 42 heavy (non-hydrogen) atoms. The summed E-state index contributed by atoms with van der Waals surface area (Å²) in [6, 6.07) is 7.09. The summed E-state index contributed by atoms with van der Waals surface area (Å²) in [6.45, 7) is 25.2. The number of amides is 1. The van der Waals surface area contributed by atoms with Crippen molar-refractivity contribution in [3.05, 3.63) is 53.2 Å². The zero-order valence-electron chi connectivity index (χ0n) is 27.0. The van der Waals surface area contributed by atoms with Gasteiger partial charge in [0.1, 0.15) is 6.79 Å². The molecule has 1 aliphatic heterocycles. The third-order valence-electron chi connectivity index (χ3n) is 7.04. The molecule has 3 rings (SSSR count). The molecule has 5 N–H and O–H groups in total. The molecule has 0 aliphatic carbocycles. The maximum Gasteiger partial charge on any atom is 0.217 e. The molecule has 1 aromatic heterocycles. The van der Waals surface area contributed by atoms with Gasteiger partial charge in [-0.2, -0.15) is 11.8 Å². The third kappa shape index (κ3) is 15.9. The number of carbonyl (C=O) groups is 2. The number of thiazole rings is 1. The van der Waals surface area contributed by atoms with Crippen molar-refractivity contribution in [3.63, 3.8) is 0 Å². The van der Waals surface area contributed by atoms with Crippen molar-refractivity contribution >= 4 is 46.0 Å². The van der Waals surface area contributed by atoms with Gasteiger partial charge in [0.2, 0.25) is 5.91 Å². The smallest absolute Gasteiger partial charge is 0.217 e. The molecule has 0 saturated carbocycles. The van der Waals surface area contributed by atoms with E-state index < -0.39 is 0 Å². The lowest BCUT2D eigenvalue weighted by atomic mass is 9.92. The standard InChI is InChI=1S/C27H41N3S2.C4H9NO.CH5N.CH2O/c1-7-21(5)25(16-20(4)18-30-12-14-31-15-13-30)28-22(6)8-11-27-29-24-10-9-23(19(2)3)17-26(24)32-27;1-2-3-4(5)6;2*1-2/h9-10,17,19,21,25,28H,4,6-8,11-16,18H2,1-3,5H3;2-3H2,1H3,(H2,5,6);2H2,1H3;1H2. The maximum absolute atomic E-state index is 9.82. The molecule has 0 radical (unpaired) electrons. The summed E-state index contributed by atoms with van der Waals surface area (Å²) in [6.07, 6.45) is 5.43. The van der Waals surface area contributed by atoms with E-state index in [-0.39, 0.29) is 5.91 Å². The Labute approximate surface area is 264 Å². The molecule has 1 saturated heterocycles. The number of thioether (sulfide) groups is 1. The molecule has 9 heteroatoms. The van der Waals surface area contributed by atoms with Gasteiger partial charge in [-0.15, -0.1) is 11.3 Å². The van der Waals surface area contributed by atoms with Crippen LogP contribution in [0.15, 0.2) is 42.6 Å². The summed E-state index contributed by atoms with van der Waals surface area (Å²) >= 11 is 3.89. The average molecular weight is 620 g/mol. The number of aryl methyl sites for hydroxylation is 1. The second-order valence-electron chi connectivity index (χ2n) is 10.8. The highest BCUT2D eigenvalue weighted by Gasteiger charge is 2.19. The first-order valence-electron chi connectivity index (χ1n) is 15.1. The molecule has 2 atom stereocenters. The molecule has 1 aliphatic rings. The Hall–Kier alpha value is -2.20. The Bertz CT molecular complexity index is 1050. The van der Waals surface area contributed by atoms with Gasteiger partial charge in [-0.3, -0.25) is 9.69 Å². The first kappa shape index (κ1) is 39.8. The number of rotatable bonds is 14. The highest BCUT2D eigenvalue weighted by molar-refractivity contribution is 7.99. The molecule has 0 spiro atoms. The highest BCUT2D eigenvalue weighted by atomic mass is 32.2. The maximum atomic E-state index is 9.82. The van der Waals surface area contributed by atoms with Crippen molar-refractivity contribution in [2.45, 2.75) is 85.1 Å². The summed E-state index contributed by atoms with van der Waals surface area (Å²) in [5.74, 6) is 3.44. The van der Waals surface area contributed by atoms with Gasteiger partial charge in [0.15, 0.2) is 0 Å². The largest absolute Gasteiger partial charge is 0.385 e. The van der Waals surface area contributed by atoms with Crippen LogP contribution in [0, 0.1) is 5.92 Å². The Morgan fingerprint density at radius 2 is 1.74 bits per heavy atom. The molecular formula is C33H57N5O2S2. The van der Waals surface area contributed by atoms with E-state index in [4.69, 9.17) is 15.5 Å². The molecule has 2 unspecified atom stereocenters. The number of hydrogen-bond donors (Lipinski definition) is 3. The van der Waals surface area contributed by atoms with E-state index in [1.54, 1.807) is 0 Å². The van der Waals surface area contributed by atoms with E-state index in [2.05, 4.69) is 86.8 Å². The Morgan fingerprint density at radius 1 is 1.10 bits per heavy atom. The van der Waals surface area contributed by atoms with Crippen LogP contribution in [-0.2, 0) is 16.0 Å². The molecule has 7 nitrogen and oxygen atoms in total. The van der Waals surface area contributed by atoms with E-state index in [0.29, 0.717) is 24.3 Å². The second-order valence-corrected chi connectivity index (χ2v) is 13.1. The fraction of sp³-hybridized carbons (Fsp3) is 0.606. The number of benzene rings is 1. The van der Waals surface area contributed by atoms with Crippen molar-refractivity contribution in [3.8, 4) is 0 Å². The molecular weight excluding hydrogens is 563 g/mol. The summed E-state index contributed by atoms with van der Waals surface area (Å²) in [7, 11) is 1.50. The van der Waals surface area contributed by atoms with Crippen molar-refractivity contribution in [1.29, 1.82) is 0 Å². The number of hydrogen-bond acceptors (Lipinski definition) is 8. The fourth-order valence-corrected chi connectivity index (χ4v) is 6.42. The third-order valence-corrected chi connectivity index (χ3v) is 9.06. The van der Waals surface area contributed by atoms with Crippen LogP contribution in [0.5, 0.6) is 0 Å². The minimum atomic E-state index is -0.211. The molecule has 1 amide bonds. The molecule has 2 aromatic rings. The van der Waals surface area contributed by atoms with Crippen LogP contribution in [0.25, 0.3) is 10.2 Å². The minimum Gasteiger partial charge on any atom is -0.385 e. The van der Waals surface area contributed by atoms with E-state index >= 15 is 0 Å². The van der Waals surface area contributed by atoms with Crippen LogP contribution in [0.1, 0.15) is 83.2 Å². The zero-order valence-corrected chi connectivity index (χ0v) is 28.7. The lowest BCUT2D eigenvalue weighted by Crippen LogP contribution is -2.38. The van der Waals surface area contributed by atoms with Crippen LogP contribution >= 0.6 is 23.1 Å². The number of primary amides is 1. The first-order chi connectivity index (χ1) is 20.1. The van der Waals surface area contributed by atoms with Crippen LogP contribution in [0.4, 0.5) is 0 Å². The predicted octanol–water partition coefficient (Wildman–Crippen LogP) is 6.53. The van der Waals surface area contributed by atoms with E-state index in [1.165, 1.54) is 52.5 Å². The second kappa shape index (κ2) is 23.3. The van der Waals surface area contributed by atoms with Crippen LogP contribution in [0.2, 0.25) is 0 Å². The van der Waals surface area contributed by atoms with Gasteiger partial charge in [-0.1, -0.05) is 65.8 Å². The summed E-state index contributed by atoms with van der Waals surface area (Å²) in [5, 5.41) is 4.97. The SMILES string of the molecule is C=C(CC(NC(=C)CCc1nc2ccc(C(C)C)cc2s1)C(C)CC)CN1CCSCC1.C=O.CCCC(N)=O.CN. The van der Waals surface area contributed by atoms with Gasteiger partial charge in [0, 0.05) is 55.7 Å². The quantitative estimate of drug-likeness (QED) is 0.206. The fourth-order valence-electron chi connectivity index (χ4n) is 4.42. The van der Waals surface area contributed by atoms with Gasteiger partial charge in [0.05, 0.1) is 15.2 Å². The van der Waals surface area contributed by atoms with Crippen molar-refractivity contribution in [2.24, 2.45) is 17.4 Å². The van der Waals surface area contributed by atoms with Crippen molar-refractivity contribution in [1.82, 2.24) is 15.2 Å². The number of aromatic nitrogens is 1. The van der Waals surface area contributed by atoms with Crippen LogP contribution in [-0.4, -0.2) is 66.8 Å². The van der Waals surface area contributed by atoms with Crippen LogP contribution < -0.4 is 16.8 Å². The van der Waals surface area contributed by atoms with Crippen molar-refractivity contribution in [2.75, 3.05) is 38.2 Å². The summed E-state index contributed by atoms with van der Waals surface area (Å²) in [4.78, 5) is 25.2. The number of nitrogens with two attached hydrogens (primary N) is 2. The number of allylic oxidation sites excluding steroid dienone is 1. The van der Waals surface area contributed by atoms with Gasteiger partial charge < -0.3 is 21.6 Å². The lowest BCUT2D eigenvalue weighted by Gasteiger charge is -2.31. The lowest BCUT2D eigenvalue weighted by molar-refractivity contribution is -0.118. The molecule has 0 bridgehead atoms. The summed E-state index contributed by atoms with van der Waals surface area (Å²) in [5.41, 5.74) is 14.2. The molecule has 238 valence electrons.